The van der Waals surface area contributed by atoms with E-state index < -0.39 is 11.9 Å². The topological polar surface area (TPSA) is 132 Å². The lowest BCUT2D eigenvalue weighted by molar-refractivity contribution is -0.133. The number of hydrogen-bond acceptors (Lipinski definition) is 4. The molecule has 0 saturated carbocycles. The summed E-state index contributed by atoms with van der Waals surface area (Å²) < 4.78 is 3.97. The van der Waals surface area contributed by atoms with Gasteiger partial charge in [0.2, 0.25) is 0 Å². The third-order valence-electron chi connectivity index (χ3n) is 6.86. The molecule has 4 aromatic carbocycles. The number of hydrogen-bond donors (Lipinski definition) is 2. The Bertz CT molecular complexity index is 1990. The first-order chi connectivity index (χ1) is 21.4. The van der Waals surface area contributed by atoms with Crippen molar-refractivity contribution in [3.63, 3.8) is 0 Å². The summed E-state index contributed by atoms with van der Waals surface area (Å²) in [7, 11) is 0. The average Bonchev–Trinajstić information content (AvgIpc) is 3.62. The van der Waals surface area contributed by atoms with Crippen LogP contribution in [-0.4, -0.2) is 31.3 Å². The van der Waals surface area contributed by atoms with Crippen LogP contribution < -0.4 is 0 Å². The number of carbonyl (C=O) groups is 2. The number of rotatable bonds is 6. The Hall–Kier alpha value is -6.64. The van der Waals surface area contributed by atoms with Crippen molar-refractivity contribution in [1.82, 2.24) is 9.13 Å². The van der Waals surface area contributed by atoms with Gasteiger partial charge in [-0.05, 0) is 48.6 Å². The number of nitrogens with zero attached hydrogens (tertiary/aromatic N) is 4. The van der Waals surface area contributed by atoms with Crippen LogP contribution in [0.1, 0.15) is 11.1 Å². The number of para-hydroxylation sites is 4. The van der Waals surface area contributed by atoms with Crippen molar-refractivity contribution in [3.05, 3.63) is 144 Å². The van der Waals surface area contributed by atoms with E-state index in [1.165, 1.54) is 12.2 Å². The zero-order chi connectivity index (χ0) is 31.1. The van der Waals surface area contributed by atoms with Gasteiger partial charge in [-0.25, -0.2) is 9.59 Å². The van der Waals surface area contributed by atoms with Gasteiger partial charge in [0, 0.05) is 45.7 Å². The van der Waals surface area contributed by atoms with Crippen LogP contribution in [0, 0.1) is 22.7 Å². The number of aromatic nitrogens is 2. The van der Waals surface area contributed by atoms with Gasteiger partial charge in [0.05, 0.1) is 11.0 Å². The molecule has 0 aliphatic carbocycles. The van der Waals surface area contributed by atoms with Crippen LogP contribution in [0.15, 0.2) is 133 Å². The molecule has 8 heteroatoms. The molecule has 0 aliphatic heterocycles. The fourth-order valence-electron chi connectivity index (χ4n) is 4.84. The third-order valence-corrected chi connectivity index (χ3v) is 6.86. The largest absolute Gasteiger partial charge is 0.477 e. The van der Waals surface area contributed by atoms with E-state index in [1.54, 1.807) is 12.1 Å². The van der Waals surface area contributed by atoms with Gasteiger partial charge in [-0.3, -0.25) is 0 Å². The fourth-order valence-corrected chi connectivity index (χ4v) is 4.84. The minimum atomic E-state index is -1.22. The van der Waals surface area contributed by atoms with E-state index in [0.29, 0.717) is 11.1 Å². The highest BCUT2D eigenvalue weighted by atomic mass is 16.4. The summed E-state index contributed by atoms with van der Waals surface area (Å²) in [5, 5.41) is 37.8. The highest BCUT2D eigenvalue weighted by molar-refractivity contribution is 6.01. The zero-order valence-electron chi connectivity index (χ0n) is 23.2. The predicted octanol–water partition coefficient (Wildman–Crippen LogP) is 7.24. The molecule has 44 heavy (non-hydrogen) atoms. The SMILES string of the molecule is N#C/C(=C\c1cn(-c2ccccc2)c2ccccc12)C(=O)O.N#C/C(=C\c1cn(-c2ccccc2)c2ccccc12)C(=O)O. The summed E-state index contributed by atoms with van der Waals surface area (Å²) >= 11 is 0. The van der Waals surface area contributed by atoms with Crippen LogP contribution in [0.2, 0.25) is 0 Å². The Balaban J connectivity index is 0.000000175. The van der Waals surface area contributed by atoms with Gasteiger partial charge in [0.25, 0.3) is 0 Å². The molecule has 0 aliphatic rings. The first kappa shape index (κ1) is 28.9. The van der Waals surface area contributed by atoms with Crippen LogP contribution in [0.4, 0.5) is 0 Å². The van der Waals surface area contributed by atoms with E-state index in [1.807, 2.05) is 131 Å². The van der Waals surface area contributed by atoms with Gasteiger partial charge in [-0.15, -0.1) is 0 Å². The molecule has 0 saturated heterocycles. The highest BCUT2D eigenvalue weighted by Crippen LogP contribution is 2.28. The quantitative estimate of drug-likeness (QED) is 0.159. The van der Waals surface area contributed by atoms with Gasteiger partial charge in [-0.2, -0.15) is 10.5 Å². The molecule has 0 spiro atoms. The van der Waals surface area contributed by atoms with E-state index in [9.17, 15) is 9.59 Å². The normalized spacial score (nSPS) is 11.3. The van der Waals surface area contributed by atoms with Crippen LogP contribution in [0.3, 0.4) is 0 Å². The maximum Gasteiger partial charge on any atom is 0.346 e. The maximum absolute atomic E-state index is 11.1. The van der Waals surface area contributed by atoms with E-state index in [-0.39, 0.29) is 11.1 Å². The Morgan fingerprint density at radius 2 is 0.886 bits per heavy atom. The Labute approximate surface area is 252 Å². The zero-order valence-corrected chi connectivity index (χ0v) is 23.2. The van der Waals surface area contributed by atoms with Crippen molar-refractivity contribution in [2.24, 2.45) is 0 Å². The molecular formula is C36H24N4O4. The Morgan fingerprint density at radius 3 is 1.23 bits per heavy atom. The molecule has 0 unspecified atom stereocenters. The molecule has 8 nitrogen and oxygen atoms in total. The van der Waals surface area contributed by atoms with Crippen molar-refractivity contribution in [1.29, 1.82) is 10.5 Å². The molecule has 0 bridgehead atoms. The molecule has 6 rings (SSSR count). The van der Waals surface area contributed by atoms with Gasteiger partial charge >= 0.3 is 11.9 Å². The molecular weight excluding hydrogens is 552 g/mol. The van der Waals surface area contributed by atoms with E-state index >= 15 is 0 Å². The predicted molar refractivity (Wildman–Crippen MR) is 169 cm³/mol. The summed E-state index contributed by atoms with van der Waals surface area (Å²) in [4.78, 5) is 22.1. The second-order valence-corrected chi connectivity index (χ2v) is 9.56. The molecule has 2 heterocycles. The van der Waals surface area contributed by atoms with Crippen molar-refractivity contribution < 1.29 is 19.8 Å². The minimum Gasteiger partial charge on any atom is -0.477 e. The van der Waals surface area contributed by atoms with Crippen molar-refractivity contribution in [3.8, 4) is 23.5 Å². The summed E-state index contributed by atoms with van der Waals surface area (Å²) in [6.07, 6.45) is 6.51. The van der Waals surface area contributed by atoms with Gasteiger partial charge < -0.3 is 19.3 Å². The first-order valence-corrected chi connectivity index (χ1v) is 13.4. The van der Waals surface area contributed by atoms with E-state index in [0.717, 1.165) is 33.2 Å². The van der Waals surface area contributed by atoms with Crippen molar-refractivity contribution in [2.75, 3.05) is 0 Å². The number of aliphatic carboxylic acids is 2. The Kier molecular flexibility index (Phi) is 8.47. The molecule has 2 aromatic heterocycles. The monoisotopic (exact) mass is 576 g/mol. The number of carboxylic acids is 2. The van der Waals surface area contributed by atoms with Crippen LogP contribution >= 0.6 is 0 Å². The Morgan fingerprint density at radius 1 is 0.545 bits per heavy atom. The standard InChI is InChI=1S/2C18H12N2O2/c2*19-11-13(18(21)22)10-14-12-20(15-6-2-1-3-7-15)17-9-5-4-8-16(14)17/h2*1-10,12H,(H,21,22)/b2*13-10+. The lowest BCUT2D eigenvalue weighted by Crippen LogP contribution is -1.97. The molecule has 212 valence electrons. The first-order valence-electron chi connectivity index (χ1n) is 13.4. The lowest BCUT2D eigenvalue weighted by atomic mass is 10.1. The van der Waals surface area contributed by atoms with Crippen molar-refractivity contribution in [2.45, 2.75) is 0 Å². The lowest BCUT2D eigenvalue weighted by Gasteiger charge is -2.04. The van der Waals surface area contributed by atoms with Crippen LogP contribution in [0.25, 0.3) is 45.3 Å². The average molecular weight is 577 g/mol. The summed E-state index contributed by atoms with van der Waals surface area (Å²) in [5.41, 5.74) is 4.73. The van der Waals surface area contributed by atoms with E-state index in [2.05, 4.69) is 0 Å². The van der Waals surface area contributed by atoms with Gasteiger partial charge in [0.15, 0.2) is 0 Å². The minimum absolute atomic E-state index is 0.282. The second-order valence-electron chi connectivity index (χ2n) is 9.56. The fraction of sp³-hybridized carbons (Fsp3) is 0. The maximum atomic E-state index is 11.1. The molecule has 0 amide bonds. The molecule has 0 radical (unpaired) electrons. The van der Waals surface area contributed by atoms with Crippen LogP contribution in [-0.2, 0) is 9.59 Å². The van der Waals surface area contributed by atoms with Gasteiger partial charge in [0.1, 0.15) is 23.3 Å². The smallest absolute Gasteiger partial charge is 0.346 e. The second kappa shape index (κ2) is 12.9. The summed E-state index contributed by atoms with van der Waals surface area (Å²) in [6.45, 7) is 0. The molecule has 2 N–H and O–H groups in total. The third kappa shape index (κ3) is 6.01. The van der Waals surface area contributed by atoms with E-state index in [4.69, 9.17) is 20.7 Å². The summed E-state index contributed by atoms with van der Waals surface area (Å²) in [6, 6.07) is 38.4. The number of carboxylic acid groups (broad SMARTS) is 2. The van der Waals surface area contributed by atoms with Crippen molar-refractivity contribution >= 4 is 45.9 Å². The molecule has 0 atom stereocenters. The van der Waals surface area contributed by atoms with Gasteiger partial charge in [-0.1, -0.05) is 72.8 Å². The number of nitriles is 2. The molecule has 0 fully saturated rings. The summed E-state index contributed by atoms with van der Waals surface area (Å²) in [5.74, 6) is -2.45. The number of fused-ring (bicyclic) bond motifs is 2. The van der Waals surface area contributed by atoms with Crippen LogP contribution in [0.5, 0.6) is 0 Å². The molecule has 6 aromatic rings. The number of benzene rings is 4. The highest BCUT2D eigenvalue weighted by Gasteiger charge is 2.13.